The second kappa shape index (κ2) is 7.48. The lowest BCUT2D eigenvalue weighted by Gasteiger charge is -2.13. The van der Waals surface area contributed by atoms with E-state index in [-0.39, 0.29) is 11.5 Å². The molecule has 0 N–H and O–H groups in total. The van der Waals surface area contributed by atoms with Gasteiger partial charge in [-0.15, -0.1) is 0 Å². The Morgan fingerprint density at radius 3 is 2.61 bits per heavy atom. The van der Waals surface area contributed by atoms with Gasteiger partial charge in [-0.2, -0.15) is 5.26 Å². The lowest BCUT2D eigenvalue weighted by atomic mass is 10.1. The number of para-hydroxylation sites is 1. The molecule has 0 radical (unpaired) electrons. The second-order valence-electron chi connectivity index (χ2n) is 5.01. The molecule has 2 aromatic carbocycles. The number of allylic oxidation sites excluding steroid dienone is 1. The highest BCUT2D eigenvalue weighted by atomic mass is 35.5. The first-order valence-electron chi connectivity index (χ1n) is 6.86. The molecule has 2 rings (SSSR count). The normalized spacial score (nSPS) is 10.8. The maximum atomic E-state index is 12.7. The van der Waals surface area contributed by atoms with E-state index in [1.54, 1.807) is 73.7 Å². The monoisotopic (exact) mass is 326 g/mol. The van der Waals surface area contributed by atoms with E-state index >= 15 is 0 Å². The molecule has 2 aromatic rings. The number of nitriles is 1. The highest BCUT2D eigenvalue weighted by Gasteiger charge is 2.17. The largest absolute Gasteiger partial charge is 0.450 e. The van der Waals surface area contributed by atoms with Gasteiger partial charge in [-0.25, -0.2) is 0 Å². The van der Waals surface area contributed by atoms with Crippen LogP contribution in [0.25, 0.3) is 0 Å². The molecule has 5 heteroatoms. The summed E-state index contributed by atoms with van der Waals surface area (Å²) < 4.78 is 5.71. The number of nitrogens with zero attached hydrogens (tertiary/aromatic N) is 2. The van der Waals surface area contributed by atoms with Crippen molar-refractivity contribution < 1.29 is 9.53 Å². The van der Waals surface area contributed by atoms with Crippen molar-refractivity contribution in [3.63, 3.8) is 0 Å². The van der Waals surface area contributed by atoms with Crippen LogP contribution in [0.1, 0.15) is 15.9 Å². The fraction of sp³-hybridized carbons (Fsp3) is 0.111. The summed E-state index contributed by atoms with van der Waals surface area (Å²) >= 11 is 5.94. The van der Waals surface area contributed by atoms with Gasteiger partial charge in [-0.1, -0.05) is 35.9 Å². The topological polar surface area (TPSA) is 53.3 Å². The summed E-state index contributed by atoms with van der Waals surface area (Å²) in [6.07, 6.45) is 1.57. The molecule has 0 bridgehead atoms. The number of rotatable bonds is 5. The van der Waals surface area contributed by atoms with Gasteiger partial charge >= 0.3 is 0 Å². The van der Waals surface area contributed by atoms with Crippen molar-refractivity contribution in [2.75, 3.05) is 14.1 Å². The van der Waals surface area contributed by atoms with E-state index in [0.717, 1.165) is 0 Å². The lowest BCUT2D eigenvalue weighted by Crippen LogP contribution is -2.15. The molecule has 4 nitrogen and oxygen atoms in total. The Hall–Kier alpha value is -2.77. The summed E-state index contributed by atoms with van der Waals surface area (Å²) in [5, 5.41) is 9.61. The molecule has 0 spiro atoms. The molecule has 0 aliphatic rings. The SMILES string of the molecule is CN(C)/C=C(/Oc1ccccc1C#N)C(=O)c1cccc(Cl)c1. The van der Waals surface area contributed by atoms with Gasteiger partial charge in [0.2, 0.25) is 5.78 Å². The molecule has 0 aliphatic carbocycles. The Balaban J connectivity index is 2.39. The second-order valence-corrected chi connectivity index (χ2v) is 5.44. The molecule has 23 heavy (non-hydrogen) atoms. The van der Waals surface area contributed by atoms with Gasteiger partial charge in [0.15, 0.2) is 5.76 Å². The van der Waals surface area contributed by atoms with E-state index in [1.165, 1.54) is 0 Å². The van der Waals surface area contributed by atoms with Crippen molar-refractivity contribution in [1.29, 1.82) is 5.26 Å². The number of ether oxygens (including phenoxy) is 1. The van der Waals surface area contributed by atoms with Crippen LogP contribution in [-0.4, -0.2) is 24.8 Å². The third kappa shape index (κ3) is 4.35. The predicted molar refractivity (Wildman–Crippen MR) is 89.3 cm³/mol. The van der Waals surface area contributed by atoms with Gasteiger partial charge in [0.25, 0.3) is 0 Å². The van der Waals surface area contributed by atoms with E-state index < -0.39 is 0 Å². The molecule has 0 aliphatic heterocycles. The Labute approximate surface area is 140 Å². The van der Waals surface area contributed by atoms with Gasteiger partial charge in [-0.3, -0.25) is 4.79 Å². The van der Waals surface area contributed by atoms with Crippen LogP contribution in [0.15, 0.2) is 60.5 Å². The summed E-state index contributed by atoms with van der Waals surface area (Å²) in [6.45, 7) is 0. The smallest absolute Gasteiger partial charge is 0.229 e. The average Bonchev–Trinajstić information content (AvgIpc) is 2.53. The van der Waals surface area contributed by atoms with Gasteiger partial charge in [0, 0.05) is 30.9 Å². The highest BCUT2D eigenvalue weighted by molar-refractivity contribution is 6.31. The number of benzene rings is 2. The zero-order valence-corrected chi connectivity index (χ0v) is 13.5. The molecular formula is C18H15ClN2O2. The zero-order valence-electron chi connectivity index (χ0n) is 12.8. The third-order valence-electron chi connectivity index (χ3n) is 2.91. The standard InChI is InChI=1S/C18H15ClN2O2/c1-21(2)12-17(18(22)13-7-5-8-15(19)10-13)23-16-9-4-3-6-14(16)11-20/h3-10,12H,1-2H3/b17-12+. The Morgan fingerprint density at radius 1 is 1.22 bits per heavy atom. The quantitative estimate of drug-likeness (QED) is 0.475. The molecular weight excluding hydrogens is 312 g/mol. The van der Waals surface area contributed by atoms with E-state index in [1.807, 2.05) is 6.07 Å². The number of carbonyl (C=O) groups is 1. The first kappa shape index (κ1) is 16.6. The van der Waals surface area contributed by atoms with Crippen molar-refractivity contribution in [3.05, 3.63) is 76.6 Å². The minimum absolute atomic E-state index is 0.111. The maximum Gasteiger partial charge on any atom is 0.229 e. The van der Waals surface area contributed by atoms with Crippen molar-refractivity contribution in [2.45, 2.75) is 0 Å². The van der Waals surface area contributed by atoms with Crippen LogP contribution >= 0.6 is 11.6 Å². The average molecular weight is 327 g/mol. The molecule has 0 saturated heterocycles. The zero-order chi connectivity index (χ0) is 16.8. The first-order valence-corrected chi connectivity index (χ1v) is 7.24. The Morgan fingerprint density at radius 2 is 1.96 bits per heavy atom. The fourth-order valence-electron chi connectivity index (χ4n) is 1.90. The molecule has 0 heterocycles. The third-order valence-corrected chi connectivity index (χ3v) is 3.15. The highest BCUT2D eigenvalue weighted by Crippen LogP contribution is 2.22. The maximum absolute atomic E-state index is 12.7. The number of ketones is 1. The molecule has 0 unspecified atom stereocenters. The summed E-state index contributed by atoms with van der Waals surface area (Å²) in [5.41, 5.74) is 0.774. The van der Waals surface area contributed by atoms with Gasteiger partial charge in [0.1, 0.15) is 11.8 Å². The van der Waals surface area contributed by atoms with E-state index in [2.05, 4.69) is 0 Å². The van der Waals surface area contributed by atoms with E-state index in [0.29, 0.717) is 21.9 Å². The van der Waals surface area contributed by atoms with Crippen LogP contribution in [0.5, 0.6) is 5.75 Å². The summed E-state index contributed by atoms with van der Waals surface area (Å²) in [6, 6.07) is 15.4. The Kier molecular flexibility index (Phi) is 5.40. The predicted octanol–water partition coefficient (Wildman–Crippen LogP) is 3.88. The van der Waals surface area contributed by atoms with Crippen molar-refractivity contribution in [3.8, 4) is 11.8 Å². The van der Waals surface area contributed by atoms with Crippen LogP contribution in [0.3, 0.4) is 0 Å². The van der Waals surface area contributed by atoms with Crippen molar-refractivity contribution in [1.82, 2.24) is 4.90 Å². The minimum Gasteiger partial charge on any atom is -0.450 e. The minimum atomic E-state index is -0.311. The van der Waals surface area contributed by atoms with Crippen molar-refractivity contribution >= 4 is 17.4 Å². The number of hydrogen-bond donors (Lipinski definition) is 0. The van der Waals surface area contributed by atoms with Gasteiger partial charge in [-0.05, 0) is 24.3 Å². The molecule has 0 atom stereocenters. The van der Waals surface area contributed by atoms with Crippen LogP contribution in [-0.2, 0) is 0 Å². The van der Waals surface area contributed by atoms with E-state index in [9.17, 15) is 4.79 Å². The molecule has 116 valence electrons. The molecule has 0 amide bonds. The summed E-state index contributed by atoms with van der Waals surface area (Å²) in [4.78, 5) is 14.4. The molecule has 0 fully saturated rings. The van der Waals surface area contributed by atoms with Crippen molar-refractivity contribution in [2.24, 2.45) is 0 Å². The molecule has 0 aromatic heterocycles. The lowest BCUT2D eigenvalue weighted by molar-refractivity contribution is 0.0982. The molecule has 0 saturated carbocycles. The van der Waals surface area contributed by atoms with Gasteiger partial charge in [0.05, 0.1) is 5.56 Å². The number of hydrogen-bond acceptors (Lipinski definition) is 4. The number of carbonyl (C=O) groups excluding carboxylic acids is 1. The fourth-order valence-corrected chi connectivity index (χ4v) is 2.09. The first-order chi connectivity index (χ1) is 11.0. The number of halogens is 1. The number of Topliss-reactive ketones (excluding diaryl/α,β-unsaturated/α-hetero) is 1. The van der Waals surface area contributed by atoms with Gasteiger partial charge < -0.3 is 9.64 Å². The Bertz CT molecular complexity index is 792. The van der Waals surface area contributed by atoms with Crippen LogP contribution in [0.2, 0.25) is 5.02 Å². The van der Waals surface area contributed by atoms with Crippen LogP contribution < -0.4 is 4.74 Å². The summed E-state index contributed by atoms with van der Waals surface area (Å²) in [5.74, 6) is 0.132. The van der Waals surface area contributed by atoms with E-state index in [4.69, 9.17) is 21.6 Å². The van der Waals surface area contributed by atoms with Crippen LogP contribution in [0, 0.1) is 11.3 Å². The van der Waals surface area contributed by atoms with Crippen LogP contribution in [0.4, 0.5) is 0 Å². The summed E-state index contributed by atoms with van der Waals surface area (Å²) in [7, 11) is 3.57.